The Hall–Kier alpha value is -2.83. The van der Waals surface area contributed by atoms with Crippen LogP contribution in [0, 0.1) is 13.8 Å². The maximum atomic E-state index is 12.3. The van der Waals surface area contributed by atoms with E-state index in [0.29, 0.717) is 12.0 Å². The highest BCUT2D eigenvalue weighted by Gasteiger charge is 2.32. The van der Waals surface area contributed by atoms with Gasteiger partial charge in [-0.3, -0.25) is 0 Å². The Labute approximate surface area is 152 Å². The lowest BCUT2D eigenvalue weighted by Gasteiger charge is -2.28. The van der Waals surface area contributed by atoms with Crippen molar-refractivity contribution in [2.45, 2.75) is 40.2 Å². The van der Waals surface area contributed by atoms with Crippen molar-refractivity contribution in [1.29, 1.82) is 0 Å². The summed E-state index contributed by atoms with van der Waals surface area (Å²) in [6.07, 6.45) is 0.510. The lowest BCUT2D eigenvalue weighted by Crippen LogP contribution is -2.51. The molecular formula is C19H24N2O5. The van der Waals surface area contributed by atoms with Gasteiger partial charge in [0.25, 0.3) is 0 Å². The maximum absolute atomic E-state index is 12.3. The molecule has 1 aliphatic heterocycles. The van der Waals surface area contributed by atoms with Crippen LogP contribution in [0.4, 0.5) is 4.79 Å². The van der Waals surface area contributed by atoms with Crippen molar-refractivity contribution in [2.75, 3.05) is 13.2 Å². The van der Waals surface area contributed by atoms with Crippen molar-refractivity contribution >= 4 is 18.0 Å². The highest BCUT2D eigenvalue weighted by atomic mass is 16.5. The normalized spacial score (nSPS) is 16.6. The van der Waals surface area contributed by atoms with Gasteiger partial charge < -0.3 is 20.1 Å². The fourth-order valence-corrected chi connectivity index (χ4v) is 2.89. The third kappa shape index (κ3) is 4.62. The fraction of sp³-hybridized carbons (Fsp3) is 0.421. The first kappa shape index (κ1) is 19.5. The van der Waals surface area contributed by atoms with Crippen molar-refractivity contribution < 1.29 is 23.9 Å². The number of carbonyl (C=O) groups excluding carboxylic acids is 3. The van der Waals surface area contributed by atoms with Crippen molar-refractivity contribution in [3.63, 3.8) is 0 Å². The van der Waals surface area contributed by atoms with Gasteiger partial charge >= 0.3 is 18.0 Å². The highest BCUT2D eigenvalue weighted by Crippen LogP contribution is 2.18. The zero-order valence-corrected chi connectivity index (χ0v) is 15.5. The molecule has 0 bridgehead atoms. The molecule has 140 valence electrons. The van der Waals surface area contributed by atoms with Crippen LogP contribution in [-0.2, 0) is 14.3 Å². The van der Waals surface area contributed by atoms with Gasteiger partial charge in [0, 0.05) is 0 Å². The molecule has 0 aliphatic carbocycles. The van der Waals surface area contributed by atoms with Crippen LogP contribution in [-0.4, -0.2) is 37.2 Å². The number of carbonyl (C=O) groups is 3. The van der Waals surface area contributed by atoms with E-state index in [2.05, 4.69) is 10.6 Å². The number of hydrogen-bond acceptors (Lipinski definition) is 5. The SMILES string of the molecule is CCOC(=O)C1=C(COC(=O)c2cc(C)cc(C)c2)NC(=O)N[C@H]1CC. The Bertz CT molecular complexity index is 734. The number of nitrogens with one attached hydrogen (secondary N) is 2. The summed E-state index contributed by atoms with van der Waals surface area (Å²) in [4.78, 5) is 36.4. The van der Waals surface area contributed by atoms with E-state index >= 15 is 0 Å². The van der Waals surface area contributed by atoms with Crippen LogP contribution < -0.4 is 10.6 Å². The summed E-state index contributed by atoms with van der Waals surface area (Å²) in [6.45, 7) is 7.32. The van der Waals surface area contributed by atoms with E-state index in [0.717, 1.165) is 11.1 Å². The van der Waals surface area contributed by atoms with Crippen LogP contribution in [0.3, 0.4) is 0 Å². The van der Waals surface area contributed by atoms with Gasteiger partial charge in [-0.15, -0.1) is 0 Å². The molecule has 0 spiro atoms. The Morgan fingerprint density at radius 1 is 1.04 bits per heavy atom. The van der Waals surface area contributed by atoms with Gasteiger partial charge in [0.05, 0.1) is 29.5 Å². The largest absolute Gasteiger partial charge is 0.463 e. The first-order valence-electron chi connectivity index (χ1n) is 8.58. The van der Waals surface area contributed by atoms with E-state index in [1.807, 2.05) is 26.8 Å². The molecule has 0 aromatic heterocycles. The molecule has 2 rings (SSSR count). The summed E-state index contributed by atoms with van der Waals surface area (Å²) in [5, 5.41) is 5.22. The van der Waals surface area contributed by atoms with Gasteiger partial charge in [-0.2, -0.15) is 0 Å². The second-order valence-corrected chi connectivity index (χ2v) is 6.12. The van der Waals surface area contributed by atoms with E-state index in [-0.39, 0.29) is 24.5 Å². The van der Waals surface area contributed by atoms with Gasteiger partial charge in [0.2, 0.25) is 0 Å². The Morgan fingerprint density at radius 2 is 1.69 bits per heavy atom. The summed E-state index contributed by atoms with van der Waals surface area (Å²) in [5.41, 5.74) is 2.85. The summed E-state index contributed by atoms with van der Waals surface area (Å²) in [6, 6.07) is 4.48. The van der Waals surface area contributed by atoms with Crippen molar-refractivity contribution in [3.05, 3.63) is 46.2 Å². The Kier molecular flexibility index (Phi) is 6.38. The smallest absolute Gasteiger partial charge is 0.338 e. The molecule has 1 heterocycles. The summed E-state index contributed by atoms with van der Waals surface area (Å²) in [7, 11) is 0. The molecule has 1 aliphatic rings. The number of benzene rings is 1. The second kappa shape index (κ2) is 8.51. The molecule has 0 radical (unpaired) electrons. The van der Waals surface area contributed by atoms with Crippen molar-refractivity contribution in [3.8, 4) is 0 Å². The quantitative estimate of drug-likeness (QED) is 0.760. The molecule has 2 N–H and O–H groups in total. The molecule has 0 fully saturated rings. The van der Waals surface area contributed by atoms with Crippen molar-refractivity contribution in [2.24, 2.45) is 0 Å². The van der Waals surface area contributed by atoms with Crippen LogP contribution in [0.2, 0.25) is 0 Å². The monoisotopic (exact) mass is 360 g/mol. The van der Waals surface area contributed by atoms with E-state index in [4.69, 9.17) is 9.47 Å². The number of hydrogen-bond donors (Lipinski definition) is 2. The minimum Gasteiger partial charge on any atom is -0.463 e. The number of esters is 2. The molecule has 7 heteroatoms. The zero-order valence-electron chi connectivity index (χ0n) is 15.5. The minimum absolute atomic E-state index is 0.211. The van der Waals surface area contributed by atoms with Gasteiger partial charge in [0.1, 0.15) is 6.61 Å². The van der Waals surface area contributed by atoms with Crippen LogP contribution >= 0.6 is 0 Å². The fourth-order valence-electron chi connectivity index (χ4n) is 2.89. The van der Waals surface area contributed by atoms with Crippen LogP contribution in [0.5, 0.6) is 0 Å². The third-order valence-corrected chi connectivity index (χ3v) is 3.95. The summed E-state index contributed by atoms with van der Waals surface area (Å²) < 4.78 is 10.4. The molecule has 26 heavy (non-hydrogen) atoms. The Morgan fingerprint density at radius 3 is 2.27 bits per heavy atom. The maximum Gasteiger partial charge on any atom is 0.338 e. The predicted octanol–water partition coefficient (Wildman–Crippen LogP) is 2.37. The first-order valence-corrected chi connectivity index (χ1v) is 8.58. The van der Waals surface area contributed by atoms with E-state index in [9.17, 15) is 14.4 Å². The topological polar surface area (TPSA) is 93.7 Å². The molecule has 1 aromatic rings. The first-order chi connectivity index (χ1) is 12.3. The van der Waals surface area contributed by atoms with E-state index in [1.54, 1.807) is 19.1 Å². The summed E-state index contributed by atoms with van der Waals surface area (Å²) >= 11 is 0. The lowest BCUT2D eigenvalue weighted by molar-refractivity contribution is -0.139. The lowest BCUT2D eigenvalue weighted by atomic mass is 10.0. The molecule has 1 atom stereocenters. The molecule has 0 unspecified atom stereocenters. The zero-order chi connectivity index (χ0) is 19.3. The van der Waals surface area contributed by atoms with Gasteiger partial charge in [-0.1, -0.05) is 24.1 Å². The van der Waals surface area contributed by atoms with E-state index < -0.39 is 24.0 Å². The predicted molar refractivity (Wildman–Crippen MR) is 95.6 cm³/mol. The number of ether oxygens (including phenoxy) is 2. The number of rotatable bonds is 6. The van der Waals surface area contributed by atoms with Gasteiger partial charge in [-0.05, 0) is 39.3 Å². The highest BCUT2D eigenvalue weighted by molar-refractivity contribution is 5.95. The average molecular weight is 360 g/mol. The molecule has 7 nitrogen and oxygen atoms in total. The Balaban J connectivity index is 2.23. The summed E-state index contributed by atoms with van der Waals surface area (Å²) in [5.74, 6) is -1.06. The minimum atomic E-state index is -0.538. The van der Waals surface area contributed by atoms with Crippen molar-refractivity contribution in [1.82, 2.24) is 10.6 Å². The second-order valence-electron chi connectivity index (χ2n) is 6.12. The number of amides is 2. The molecule has 1 aromatic carbocycles. The van der Waals surface area contributed by atoms with Gasteiger partial charge in [0.15, 0.2) is 0 Å². The van der Waals surface area contributed by atoms with Crippen LogP contribution in [0.15, 0.2) is 29.5 Å². The molecular weight excluding hydrogens is 336 g/mol. The number of urea groups is 1. The standard InChI is InChI=1S/C19H24N2O5/c1-5-14-16(18(23)25-6-2)15(21-19(24)20-14)10-26-17(22)13-8-11(3)7-12(4)9-13/h7-9,14H,5-6,10H2,1-4H3,(H2,20,21,24)/t14-/m0/s1. The van der Waals surface area contributed by atoms with Crippen LogP contribution in [0.25, 0.3) is 0 Å². The van der Waals surface area contributed by atoms with Gasteiger partial charge in [-0.25, -0.2) is 14.4 Å². The number of aryl methyl sites for hydroxylation is 2. The molecule has 0 saturated carbocycles. The molecule has 2 amide bonds. The molecule has 0 saturated heterocycles. The third-order valence-electron chi connectivity index (χ3n) is 3.95. The van der Waals surface area contributed by atoms with E-state index in [1.165, 1.54) is 0 Å². The van der Waals surface area contributed by atoms with Crippen LogP contribution in [0.1, 0.15) is 41.8 Å². The average Bonchev–Trinajstić information content (AvgIpc) is 2.58.